The van der Waals surface area contributed by atoms with Crippen molar-refractivity contribution in [3.63, 3.8) is 0 Å². The Bertz CT molecular complexity index is 1050. The Morgan fingerprint density at radius 1 is 1.24 bits per heavy atom. The molecular weight excluding hydrogens is 436 g/mol. The van der Waals surface area contributed by atoms with Crippen LogP contribution in [0.25, 0.3) is 0 Å². The lowest BCUT2D eigenvalue weighted by Gasteiger charge is -2.59. The van der Waals surface area contributed by atoms with Crippen LogP contribution in [0.15, 0.2) is 42.5 Å². The van der Waals surface area contributed by atoms with E-state index in [2.05, 4.69) is 28.4 Å². The van der Waals surface area contributed by atoms with Crippen molar-refractivity contribution in [3.8, 4) is 5.75 Å². The molecule has 33 heavy (non-hydrogen) atoms. The number of rotatable bonds is 5. The van der Waals surface area contributed by atoms with Gasteiger partial charge in [-0.1, -0.05) is 17.7 Å². The van der Waals surface area contributed by atoms with Crippen molar-refractivity contribution in [1.82, 2.24) is 10.2 Å². The molecule has 6 rings (SSSR count). The first-order valence-electron chi connectivity index (χ1n) is 12.2. The smallest absolute Gasteiger partial charge is 0.251 e. The molecule has 2 aromatic carbocycles. The fourth-order valence-corrected chi connectivity index (χ4v) is 6.55. The number of carbonyl (C=O) groups excluding carboxylic acids is 1. The highest BCUT2D eigenvalue weighted by Gasteiger charge is 2.57. The van der Waals surface area contributed by atoms with E-state index >= 15 is 0 Å². The van der Waals surface area contributed by atoms with Crippen LogP contribution in [-0.4, -0.2) is 55.8 Å². The minimum absolute atomic E-state index is 0.0304. The van der Waals surface area contributed by atoms with Gasteiger partial charge >= 0.3 is 0 Å². The zero-order chi connectivity index (χ0) is 22.6. The Morgan fingerprint density at radius 2 is 2.06 bits per heavy atom. The topological polar surface area (TPSA) is 50.8 Å². The third kappa shape index (κ3) is 3.84. The normalized spacial score (nSPS) is 30.8. The third-order valence-electron chi connectivity index (χ3n) is 8.21. The second kappa shape index (κ2) is 8.30. The molecule has 0 aromatic heterocycles. The molecule has 0 radical (unpaired) electrons. The number of nitrogens with one attached hydrogen (secondary N) is 1. The van der Waals surface area contributed by atoms with Gasteiger partial charge in [0.25, 0.3) is 5.91 Å². The van der Waals surface area contributed by atoms with Crippen LogP contribution in [0.3, 0.4) is 0 Å². The van der Waals surface area contributed by atoms with Gasteiger partial charge < -0.3 is 14.8 Å². The van der Waals surface area contributed by atoms with Gasteiger partial charge in [-0.05, 0) is 92.1 Å². The van der Waals surface area contributed by atoms with Crippen LogP contribution in [-0.2, 0) is 16.6 Å². The lowest BCUT2D eigenvalue weighted by molar-refractivity contribution is -0.136. The van der Waals surface area contributed by atoms with Gasteiger partial charge in [-0.15, -0.1) is 0 Å². The first-order chi connectivity index (χ1) is 16.1. The van der Waals surface area contributed by atoms with E-state index in [9.17, 15) is 4.79 Å². The van der Waals surface area contributed by atoms with Crippen LogP contribution < -0.4 is 10.1 Å². The number of fused-ring (bicyclic) bond motifs is 1. The summed E-state index contributed by atoms with van der Waals surface area (Å²) in [5.41, 5.74) is 3.30. The van der Waals surface area contributed by atoms with Gasteiger partial charge in [0.1, 0.15) is 5.75 Å². The SMILES string of the molecule is COc1ccc2c(c1)C13CCN(CC4CC4)[C@H](C2)C1OCC(NC(=O)c1ccc(Cl)cc1)C3. The van der Waals surface area contributed by atoms with Gasteiger partial charge in [0.05, 0.1) is 25.9 Å². The predicted molar refractivity (Wildman–Crippen MR) is 128 cm³/mol. The maximum absolute atomic E-state index is 12.9. The van der Waals surface area contributed by atoms with Crippen molar-refractivity contribution in [2.24, 2.45) is 5.92 Å². The number of amides is 1. The van der Waals surface area contributed by atoms with Crippen LogP contribution >= 0.6 is 11.6 Å². The number of ether oxygens (including phenoxy) is 2. The average molecular weight is 467 g/mol. The Hall–Kier alpha value is -2.08. The lowest BCUT2D eigenvalue weighted by Crippen LogP contribution is -2.68. The number of carbonyl (C=O) groups is 1. The van der Waals surface area contributed by atoms with Gasteiger partial charge in [-0.3, -0.25) is 9.69 Å². The molecule has 2 heterocycles. The second-order valence-electron chi connectivity index (χ2n) is 10.3. The summed E-state index contributed by atoms with van der Waals surface area (Å²) >= 11 is 6.00. The van der Waals surface area contributed by atoms with E-state index in [0.29, 0.717) is 23.2 Å². The molecule has 1 saturated carbocycles. The van der Waals surface area contributed by atoms with E-state index < -0.39 is 0 Å². The monoisotopic (exact) mass is 466 g/mol. The zero-order valence-corrected chi connectivity index (χ0v) is 19.8. The Labute approximate surface area is 200 Å². The maximum atomic E-state index is 12.9. The maximum Gasteiger partial charge on any atom is 0.251 e. The predicted octanol–water partition coefficient (Wildman–Crippen LogP) is 4.21. The van der Waals surface area contributed by atoms with E-state index in [4.69, 9.17) is 21.1 Å². The molecule has 2 aliphatic heterocycles. The molecule has 2 bridgehead atoms. The minimum Gasteiger partial charge on any atom is -0.497 e. The van der Waals surface area contributed by atoms with Crippen molar-refractivity contribution in [2.75, 3.05) is 26.8 Å². The van der Waals surface area contributed by atoms with Crippen LogP contribution in [0.5, 0.6) is 5.75 Å². The molecular formula is C27H31ClN2O3. The highest BCUT2D eigenvalue weighted by molar-refractivity contribution is 6.30. The number of methoxy groups -OCH3 is 1. The Morgan fingerprint density at radius 3 is 2.82 bits per heavy atom. The Balaban J connectivity index is 1.30. The molecule has 0 spiro atoms. The molecule has 2 aliphatic carbocycles. The summed E-state index contributed by atoms with van der Waals surface area (Å²) in [6.07, 6.45) is 5.87. The molecule has 1 N–H and O–H groups in total. The number of hydrogen-bond donors (Lipinski definition) is 1. The molecule has 4 atom stereocenters. The number of likely N-dealkylation sites (tertiary alicyclic amines) is 1. The average Bonchev–Trinajstić information content (AvgIpc) is 3.65. The standard InChI is InChI=1S/C27H31ClN2O3/c1-32-22-9-6-19-12-24-25-27(23(19)13-22,10-11-30(24)15-17-2-3-17)14-21(16-33-25)29-26(31)18-4-7-20(28)8-5-18/h4-9,13,17,21,24-25H,2-3,10-12,14-16H2,1H3,(H,29,31)/t21?,24-,25?,27?/m1/s1. The first kappa shape index (κ1) is 21.5. The van der Waals surface area contributed by atoms with Crippen molar-refractivity contribution >= 4 is 17.5 Å². The van der Waals surface area contributed by atoms with Crippen molar-refractivity contribution < 1.29 is 14.3 Å². The number of hydrogen-bond acceptors (Lipinski definition) is 4. The summed E-state index contributed by atoms with van der Waals surface area (Å²) in [7, 11) is 1.73. The molecule has 3 fully saturated rings. The van der Waals surface area contributed by atoms with Crippen molar-refractivity contribution in [1.29, 1.82) is 0 Å². The number of nitrogens with zero attached hydrogens (tertiary/aromatic N) is 1. The molecule has 3 unspecified atom stereocenters. The third-order valence-corrected chi connectivity index (χ3v) is 8.46. The largest absolute Gasteiger partial charge is 0.497 e. The van der Waals surface area contributed by atoms with Gasteiger partial charge in [-0.25, -0.2) is 0 Å². The summed E-state index contributed by atoms with van der Waals surface area (Å²) in [5.74, 6) is 1.69. The van der Waals surface area contributed by atoms with Crippen LogP contribution in [0.2, 0.25) is 5.02 Å². The van der Waals surface area contributed by atoms with Crippen LogP contribution in [0.1, 0.15) is 47.2 Å². The van der Waals surface area contributed by atoms with Gasteiger partial charge in [0, 0.05) is 28.6 Å². The molecule has 2 aromatic rings. The summed E-state index contributed by atoms with van der Waals surface area (Å²) in [6.45, 7) is 2.84. The highest BCUT2D eigenvalue weighted by atomic mass is 35.5. The molecule has 5 nitrogen and oxygen atoms in total. The molecule has 1 amide bonds. The van der Waals surface area contributed by atoms with Crippen molar-refractivity contribution in [2.45, 2.75) is 55.7 Å². The van der Waals surface area contributed by atoms with Gasteiger partial charge in [-0.2, -0.15) is 0 Å². The fourth-order valence-electron chi connectivity index (χ4n) is 6.42. The van der Waals surface area contributed by atoms with E-state index in [1.165, 1.54) is 30.5 Å². The zero-order valence-electron chi connectivity index (χ0n) is 19.1. The number of piperidine rings is 1. The van der Waals surface area contributed by atoms with E-state index in [0.717, 1.165) is 37.5 Å². The summed E-state index contributed by atoms with van der Waals surface area (Å²) in [6, 6.07) is 14.0. The highest BCUT2D eigenvalue weighted by Crippen LogP contribution is 2.52. The van der Waals surface area contributed by atoms with Gasteiger partial charge in [0.15, 0.2) is 0 Å². The molecule has 4 aliphatic rings. The van der Waals surface area contributed by atoms with E-state index in [1.807, 2.05) is 0 Å². The molecule has 2 saturated heterocycles. The minimum atomic E-state index is -0.0942. The molecule has 174 valence electrons. The lowest BCUT2D eigenvalue weighted by atomic mass is 9.58. The van der Waals surface area contributed by atoms with Crippen molar-refractivity contribution in [3.05, 3.63) is 64.2 Å². The van der Waals surface area contributed by atoms with Gasteiger partial charge in [0.2, 0.25) is 0 Å². The first-order valence-corrected chi connectivity index (χ1v) is 12.5. The summed E-state index contributed by atoms with van der Waals surface area (Å²) in [4.78, 5) is 15.6. The van der Waals surface area contributed by atoms with Crippen LogP contribution in [0, 0.1) is 5.92 Å². The van der Waals surface area contributed by atoms with E-state index in [-0.39, 0.29) is 23.5 Å². The van der Waals surface area contributed by atoms with Crippen LogP contribution in [0.4, 0.5) is 0 Å². The second-order valence-corrected chi connectivity index (χ2v) is 10.7. The quantitative estimate of drug-likeness (QED) is 0.717. The molecule has 6 heteroatoms. The fraction of sp³-hybridized carbons (Fsp3) is 0.519. The summed E-state index contributed by atoms with van der Waals surface area (Å²) < 4.78 is 12.3. The number of halogens is 1. The van der Waals surface area contributed by atoms with E-state index in [1.54, 1.807) is 31.4 Å². The number of benzene rings is 2. The summed E-state index contributed by atoms with van der Waals surface area (Å²) in [5, 5.41) is 3.88. The Kier molecular flexibility index (Phi) is 5.39.